The number of nitrogens with zero attached hydrogens (tertiary/aromatic N) is 1. The first-order valence-corrected chi connectivity index (χ1v) is 7.28. The van der Waals surface area contributed by atoms with Crippen molar-refractivity contribution in [2.24, 2.45) is 0 Å². The molecule has 1 heterocycles. The van der Waals surface area contributed by atoms with E-state index >= 15 is 0 Å². The Morgan fingerprint density at radius 3 is 2.26 bits per heavy atom. The summed E-state index contributed by atoms with van der Waals surface area (Å²) in [6.07, 6.45) is 2.55. The first-order valence-electron chi connectivity index (χ1n) is 6.14. The fourth-order valence-corrected chi connectivity index (χ4v) is 2.24. The predicted molar refractivity (Wildman–Crippen MR) is 79.9 cm³/mol. The summed E-state index contributed by atoms with van der Waals surface area (Å²) in [5.41, 5.74) is 1.84. The van der Waals surface area contributed by atoms with Crippen molar-refractivity contribution in [2.45, 2.75) is 23.2 Å². The van der Waals surface area contributed by atoms with Gasteiger partial charge in [-0.1, -0.05) is 46.9 Å². The van der Waals surface area contributed by atoms with E-state index in [0.29, 0.717) is 5.69 Å². The van der Waals surface area contributed by atoms with Gasteiger partial charge in [-0.05, 0) is 43.6 Å². The van der Waals surface area contributed by atoms with Crippen molar-refractivity contribution in [2.75, 3.05) is 18.4 Å². The zero-order valence-corrected chi connectivity index (χ0v) is 12.6. The largest absolute Gasteiger partial charge is 0.322 e. The molecule has 1 aromatic rings. The lowest BCUT2D eigenvalue weighted by Gasteiger charge is -2.15. The number of hydrogen-bond donors (Lipinski definition) is 1. The predicted octanol–water partition coefficient (Wildman–Crippen LogP) is 3.59. The Bertz CT molecular complexity index is 436. The van der Waals surface area contributed by atoms with Crippen molar-refractivity contribution in [1.82, 2.24) is 4.90 Å². The summed E-state index contributed by atoms with van der Waals surface area (Å²) in [4.78, 5) is 13.9. The summed E-state index contributed by atoms with van der Waals surface area (Å²) in [5.74, 6) is -0.648. The number of nitrogens with one attached hydrogen (secondary N) is 1. The number of alkyl halides is 3. The Kier molecular flexibility index (Phi) is 4.96. The molecule has 0 unspecified atom stereocenters. The lowest BCUT2D eigenvalue weighted by molar-refractivity contribution is -0.115. The molecule has 0 saturated carbocycles. The van der Waals surface area contributed by atoms with Crippen LogP contribution >= 0.6 is 34.8 Å². The molecule has 2 rings (SSSR count). The molecule has 1 fully saturated rings. The third-order valence-corrected chi connectivity index (χ3v) is 3.59. The second-order valence-electron chi connectivity index (χ2n) is 4.63. The number of benzene rings is 1. The number of halogens is 3. The third-order valence-electron chi connectivity index (χ3n) is 3.07. The quantitative estimate of drug-likeness (QED) is 0.863. The van der Waals surface area contributed by atoms with Gasteiger partial charge in [0.1, 0.15) is 0 Å². The van der Waals surface area contributed by atoms with Crippen molar-refractivity contribution in [3.63, 3.8) is 0 Å². The monoisotopic (exact) mass is 320 g/mol. The minimum absolute atomic E-state index is 0.626. The second-order valence-corrected chi connectivity index (χ2v) is 6.91. The van der Waals surface area contributed by atoms with Crippen LogP contribution in [-0.2, 0) is 11.3 Å². The maximum Gasteiger partial charge on any atom is 0.276 e. The van der Waals surface area contributed by atoms with Crippen molar-refractivity contribution in [1.29, 1.82) is 0 Å². The van der Waals surface area contributed by atoms with Gasteiger partial charge >= 0.3 is 0 Å². The van der Waals surface area contributed by atoms with E-state index in [0.717, 1.165) is 19.6 Å². The molecule has 0 bridgehead atoms. The van der Waals surface area contributed by atoms with Gasteiger partial charge in [0.05, 0.1) is 0 Å². The zero-order valence-electron chi connectivity index (χ0n) is 10.3. The zero-order chi connectivity index (χ0) is 13.9. The maximum absolute atomic E-state index is 11.5. The molecule has 104 valence electrons. The van der Waals surface area contributed by atoms with Gasteiger partial charge < -0.3 is 5.32 Å². The summed E-state index contributed by atoms with van der Waals surface area (Å²) >= 11 is 16.5. The van der Waals surface area contributed by atoms with E-state index in [-0.39, 0.29) is 0 Å². The number of rotatable bonds is 3. The van der Waals surface area contributed by atoms with Gasteiger partial charge in [0.2, 0.25) is 0 Å². The average molecular weight is 322 g/mol. The smallest absolute Gasteiger partial charge is 0.276 e. The van der Waals surface area contributed by atoms with Crippen LogP contribution in [0.1, 0.15) is 18.4 Å². The van der Waals surface area contributed by atoms with Gasteiger partial charge in [-0.25, -0.2) is 0 Å². The molecule has 1 aromatic carbocycles. The van der Waals surface area contributed by atoms with Crippen molar-refractivity contribution in [3.05, 3.63) is 29.8 Å². The fraction of sp³-hybridized carbons (Fsp3) is 0.462. The highest BCUT2D eigenvalue weighted by molar-refractivity contribution is 6.76. The Morgan fingerprint density at radius 1 is 1.16 bits per heavy atom. The minimum atomic E-state index is -1.94. The van der Waals surface area contributed by atoms with E-state index in [1.54, 1.807) is 0 Å². The summed E-state index contributed by atoms with van der Waals surface area (Å²) < 4.78 is -1.94. The van der Waals surface area contributed by atoms with Gasteiger partial charge in [-0.2, -0.15) is 0 Å². The van der Waals surface area contributed by atoms with Crippen LogP contribution in [0.15, 0.2) is 24.3 Å². The van der Waals surface area contributed by atoms with Crippen LogP contribution in [0, 0.1) is 0 Å². The van der Waals surface area contributed by atoms with E-state index < -0.39 is 9.70 Å². The fourth-order valence-electron chi connectivity index (χ4n) is 2.09. The third kappa shape index (κ3) is 4.53. The molecular weight excluding hydrogens is 307 g/mol. The van der Waals surface area contributed by atoms with Crippen LogP contribution in [-0.4, -0.2) is 27.7 Å². The molecule has 1 N–H and O–H groups in total. The van der Waals surface area contributed by atoms with E-state index in [9.17, 15) is 4.79 Å². The molecule has 0 radical (unpaired) electrons. The van der Waals surface area contributed by atoms with Crippen molar-refractivity contribution < 1.29 is 4.79 Å². The number of carbonyl (C=O) groups excluding carboxylic acids is 1. The molecular formula is C13H15Cl3N2O. The normalized spacial score (nSPS) is 16.6. The topological polar surface area (TPSA) is 32.3 Å². The molecule has 3 nitrogen and oxygen atoms in total. The molecule has 1 amide bonds. The Hall–Kier alpha value is -0.480. The molecule has 0 aromatic heterocycles. The summed E-state index contributed by atoms with van der Waals surface area (Å²) in [6.45, 7) is 3.26. The van der Waals surface area contributed by atoms with Crippen molar-refractivity contribution in [3.8, 4) is 0 Å². The van der Waals surface area contributed by atoms with Gasteiger partial charge in [0, 0.05) is 12.2 Å². The van der Waals surface area contributed by atoms with E-state index in [2.05, 4.69) is 10.2 Å². The highest BCUT2D eigenvalue weighted by Crippen LogP contribution is 2.27. The molecule has 0 aliphatic carbocycles. The van der Waals surface area contributed by atoms with Gasteiger partial charge in [0.15, 0.2) is 0 Å². The van der Waals surface area contributed by atoms with Crippen LogP contribution < -0.4 is 5.32 Å². The number of hydrogen-bond acceptors (Lipinski definition) is 2. The van der Waals surface area contributed by atoms with E-state index in [4.69, 9.17) is 34.8 Å². The highest BCUT2D eigenvalue weighted by atomic mass is 35.6. The lowest BCUT2D eigenvalue weighted by Crippen LogP contribution is -2.26. The second kappa shape index (κ2) is 6.31. The number of anilines is 1. The standard InChI is InChI=1S/C13H15Cl3N2O/c14-13(15,16)12(19)17-11-5-3-10(4-6-11)9-18-7-1-2-8-18/h3-6H,1-2,7-9H2,(H,17,19). The van der Waals surface area contributed by atoms with Gasteiger partial charge in [0.25, 0.3) is 9.70 Å². The maximum atomic E-state index is 11.5. The summed E-state index contributed by atoms with van der Waals surface area (Å²) in [6, 6.07) is 7.60. The van der Waals surface area contributed by atoms with Gasteiger partial charge in [-0.15, -0.1) is 0 Å². The van der Waals surface area contributed by atoms with Crippen LogP contribution in [0.5, 0.6) is 0 Å². The molecule has 6 heteroatoms. The average Bonchev–Trinajstić information content (AvgIpc) is 2.83. The number of likely N-dealkylation sites (tertiary alicyclic amines) is 1. The first-order chi connectivity index (χ1) is 8.95. The van der Waals surface area contributed by atoms with Gasteiger partial charge in [-0.3, -0.25) is 9.69 Å². The van der Waals surface area contributed by atoms with Crippen LogP contribution in [0.3, 0.4) is 0 Å². The van der Waals surface area contributed by atoms with Crippen LogP contribution in [0.4, 0.5) is 5.69 Å². The Labute approximate surface area is 127 Å². The first kappa shape index (κ1) is 14.9. The van der Waals surface area contributed by atoms with Crippen LogP contribution in [0.2, 0.25) is 0 Å². The lowest BCUT2D eigenvalue weighted by atomic mass is 10.2. The molecule has 1 saturated heterocycles. The molecule has 19 heavy (non-hydrogen) atoms. The summed E-state index contributed by atoms with van der Waals surface area (Å²) in [7, 11) is 0. The Morgan fingerprint density at radius 2 is 1.74 bits per heavy atom. The van der Waals surface area contributed by atoms with E-state index in [1.165, 1.54) is 18.4 Å². The number of carbonyl (C=O) groups is 1. The minimum Gasteiger partial charge on any atom is -0.322 e. The molecule has 0 atom stereocenters. The molecule has 1 aliphatic rings. The highest BCUT2D eigenvalue weighted by Gasteiger charge is 2.30. The SMILES string of the molecule is O=C(Nc1ccc(CN2CCCC2)cc1)C(Cl)(Cl)Cl. The summed E-state index contributed by atoms with van der Waals surface area (Å²) in [5, 5.41) is 2.55. The molecule has 1 aliphatic heterocycles. The number of amides is 1. The van der Waals surface area contributed by atoms with E-state index in [1.807, 2.05) is 24.3 Å². The van der Waals surface area contributed by atoms with Crippen molar-refractivity contribution >= 4 is 46.4 Å². The van der Waals surface area contributed by atoms with Crippen LogP contribution in [0.25, 0.3) is 0 Å². The Balaban J connectivity index is 1.92. The molecule has 0 spiro atoms.